The molecule has 1 fully saturated rings. The van der Waals surface area contributed by atoms with Gasteiger partial charge in [-0.2, -0.15) is 0 Å². The number of hydrogen-bond donors (Lipinski definition) is 4. The highest BCUT2D eigenvalue weighted by Gasteiger charge is 2.37. The number of aliphatic carboxylic acids is 1. The lowest BCUT2D eigenvalue weighted by Crippen LogP contribution is -2.56. The first-order valence-corrected chi connectivity index (χ1v) is 8.02. The highest BCUT2D eigenvalue weighted by Crippen LogP contribution is 2.18. The Morgan fingerprint density at radius 3 is 2.33 bits per heavy atom. The van der Waals surface area contributed by atoms with E-state index in [1.807, 2.05) is 0 Å². The standard InChI is InChI=1S/C15H26N4O5/c1-8(2)12(18-11(20)7-16)13(21)17-9(3)14(22)19-6-4-5-10(19)15(23)24/h8-10,12H,4-7,16H2,1-3H3,(H,17,21)(H,18,20)(H,23,24)/t9-,10-,12-/m0/s1. The number of rotatable bonds is 7. The van der Waals surface area contributed by atoms with E-state index >= 15 is 0 Å². The maximum atomic E-state index is 12.4. The van der Waals surface area contributed by atoms with Crippen molar-refractivity contribution in [2.24, 2.45) is 11.7 Å². The zero-order valence-corrected chi connectivity index (χ0v) is 14.2. The van der Waals surface area contributed by atoms with Crippen LogP contribution in [0.15, 0.2) is 0 Å². The van der Waals surface area contributed by atoms with Crippen molar-refractivity contribution in [3.8, 4) is 0 Å². The largest absolute Gasteiger partial charge is 0.480 e. The first-order chi connectivity index (χ1) is 11.2. The molecule has 9 heteroatoms. The Labute approximate surface area is 140 Å². The molecule has 0 aromatic heterocycles. The quantitative estimate of drug-likeness (QED) is 0.451. The van der Waals surface area contributed by atoms with Crippen molar-refractivity contribution in [3.63, 3.8) is 0 Å². The lowest BCUT2D eigenvalue weighted by molar-refractivity contribution is -0.149. The normalized spacial score (nSPS) is 19.7. The van der Waals surface area contributed by atoms with Crippen molar-refractivity contribution < 1.29 is 24.3 Å². The summed E-state index contributed by atoms with van der Waals surface area (Å²) in [5.41, 5.74) is 5.24. The summed E-state index contributed by atoms with van der Waals surface area (Å²) < 4.78 is 0. The molecule has 3 atom stereocenters. The molecule has 1 rings (SSSR count). The number of nitrogens with one attached hydrogen (secondary N) is 2. The van der Waals surface area contributed by atoms with E-state index in [4.69, 9.17) is 10.8 Å². The number of nitrogens with two attached hydrogens (primary N) is 1. The minimum absolute atomic E-state index is 0.193. The first-order valence-electron chi connectivity index (χ1n) is 8.02. The summed E-state index contributed by atoms with van der Waals surface area (Å²) in [5, 5.41) is 14.2. The van der Waals surface area contributed by atoms with Crippen LogP contribution in [0.4, 0.5) is 0 Å². The zero-order valence-electron chi connectivity index (χ0n) is 14.2. The lowest BCUT2D eigenvalue weighted by atomic mass is 10.0. The molecule has 1 aliphatic rings. The summed E-state index contributed by atoms with van der Waals surface area (Å²) in [6.07, 6.45) is 1.02. The Hall–Kier alpha value is -2.16. The smallest absolute Gasteiger partial charge is 0.326 e. The average Bonchev–Trinajstić information content (AvgIpc) is 3.00. The molecule has 0 spiro atoms. The topological polar surface area (TPSA) is 142 Å². The highest BCUT2D eigenvalue weighted by molar-refractivity contribution is 5.93. The predicted molar refractivity (Wildman–Crippen MR) is 85.8 cm³/mol. The van der Waals surface area contributed by atoms with Gasteiger partial charge in [-0.25, -0.2) is 4.79 Å². The third-order valence-corrected chi connectivity index (χ3v) is 4.00. The van der Waals surface area contributed by atoms with E-state index in [0.717, 1.165) is 0 Å². The Kier molecular flexibility index (Phi) is 7.15. The van der Waals surface area contributed by atoms with Crippen LogP contribution in [-0.2, 0) is 19.2 Å². The highest BCUT2D eigenvalue weighted by atomic mass is 16.4. The van der Waals surface area contributed by atoms with Gasteiger partial charge in [-0.15, -0.1) is 0 Å². The second-order valence-electron chi connectivity index (χ2n) is 6.25. The molecule has 1 aliphatic heterocycles. The van der Waals surface area contributed by atoms with Crippen LogP contribution < -0.4 is 16.4 Å². The molecule has 136 valence electrons. The van der Waals surface area contributed by atoms with E-state index in [1.165, 1.54) is 11.8 Å². The maximum absolute atomic E-state index is 12.4. The molecule has 3 amide bonds. The van der Waals surface area contributed by atoms with Crippen LogP contribution in [-0.4, -0.2) is 64.9 Å². The van der Waals surface area contributed by atoms with Gasteiger partial charge in [-0.3, -0.25) is 14.4 Å². The number of amides is 3. The van der Waals surface area contributed by atoms with Crippen molar-refractivity contribution in [1.82, 2.24) is 15.5 Å². The monoisotopic (exact) mass is 342 g/mol. The van der Waals surface area contributed by atoms with E-state index in [-0.39, 0.29) is 12.5 Å². The second kappa shape index (κ2) is 8.62. The van der Waals surface area contributed by atoms with E-state index in [0.29, 0.717) is 19.4 Å². The SMILES string of the molecule is CC(C)[C@H](NC(=O)CN)C(=O)N[C@@H](C)C(=O)N1CCC[C@H]1C(=O)O. The Morgan fingerprint density at radius 1 is 1.21 bits per heavy atom. The second-order valence-corrected chi connectivity index (χ2v) is 6.25. The van der Waals surface area contributed by atoms with Gasteiger partial charge in [0.1, 0.15) is 18.1 Å². The third-order valence-electron chi connectivity index (χ3n) is 4.00. The summed E-state index contributed by atoms with van der Waals surface area (Å²) in [4.78, 5) is 48.6. The van der Waals surface area contributed by atoms with E-state index in [1.54, 1.807) is 13.8 Å². The van der Waals surface area contributed by atoms with Crippen molar-refractivity contribution >= 4 is 23.7 Å². The number of carbonyl (C=O) groups is 4. The molecule has 0 aromatic carbocycles. The molecule has 1 heterocycles. The molecule has 24 heavy (non-hydrogen) atoms. The van der Waals surface area contributed by atoms with Crippen LogP contribution in [0.2, 0.25) is 0 Å². The fraction of sp³-hybridized carbons (Fsp3) is 0.733. The van der Waals surface area contributed by atoms with E-state index in [2.05, 4.69) is 10.6 Å². The Bertz CT molecular complexity index is 508. The molecule has 5 N–H and O–H groups in total. The zero-order chi connectivity index (χ0) is 18.4. The number of hydrogen-bond acceptors (Lipinski definition) is 5. The number of carboxylic acid groups (broad SMARTS) is 1. The minimum atomic E-state index is -1.05. The van der Waals surface area contributed by atoms with Crippen molar-refractivity contribution in [2.75, 3.05) is 13.1 Å². The molecule has 0 saturated carbocycles. The van der Waals surface area contributed by atoms with Gasteiger partial charge in [-0.1, -0.05) is 13.8 Å². The molecule has 9 nitrogen and oxygen atoms in total. The molecule has 0 bridgehead atoms. The van der Waals surface area contributed by atoms with Gasteiger partial charge in [-0.05, 0) is 25.7 Å². The van der Waals surface area contributed by atoms with Crippen LogP contribution in [0.25, 0.3) is 0 Å². The van der Waals surface area contributed by atoms with Gasteiger partial charge in [0.25, 0.3) is 0 Å². The fourth-order valence-electron chi connectivity index (χ4n) is 2.67. The summed E-state index contributed by atoms with van der Waals surface area (Å²) in [6, 6.07) is -2.55. The Balaban J connectivity index is 2.72. The number of likely N-dealkylation sites (tertiary alicyclic amines) is 1. The van der Waals surface area contributed by atoms with Crippen LogP contribution >= 0.6 is 0 Å². The number of nitrogens with zero attached hydrogens (tertiary/aromatic N) is 1. The molecular weight excluding hydrogens is 316 g/mol. The van der Waals surface area contributed by atoms with Crippen LogP contribution in [0.1, 0.15) is 33.6 Å². The first kappa shape index (κ1) is 19.9. The minimum Gasteiger partial charge on any atom is -0.480 e. The van der Waals surface area contributed by atoms with Crippen LogP contribution in [0.5, 0.6) is 0 Å². The van der Waals surface area contributed by atoms with Crippen LogP contribution in [0.3, 0.4) is 0 Å². The van der Waals surface area contributed by atoms with Crippen molar-refractivity contribution in [1.29, 1.82) is 0 Å². The number of carboxylic acids is 1. The van der Waals surface area contributed by atoms with Crippen molar-refractivity contribution in [3.05, 3.63) is 0 Å². The summed E-state index contributed by atoms with van der Waals surface area (Å²) in [6.45, 7) is 5.13. The van der Waals surface area contributed by atoms with Gasteiger partial charge in [0.05, 0.1) is 6.54 Å². The van der Waals surface area contributed by atoms with E-state index < -0.39 is 41.8 Å². The molecule has 1 saturated heterocycles. The maximum Gasteiger partial charge on any atom is 0.326 e. The predicted octanol–water partition coefficient (Wildman–Crippen LogP) is -1.33. The molecular formula is C15H26N4O5. The number of carbonyl (C=O) groups excluding carboxylic acids is 3. The summed E-state index contributed by atoms with van der Waals surface area (Å²) >= 11 is 0. The van der Waals surface area contributed by atoms with Gasteiger partial charge in [0, 0.05) is 6.54 Å². The van der Waals surface area contributed by atoms with Crippen molar-refractivity contribution in [2.45, 2.75) is 51.7 Å². The van der Waals surface area contributed by atoms with E-state index in [9.17, 15) is 19.2 Å². The van der Waals surface area contributed by atoms with Gasteiger partial charge >= 0.3 is 5.97 Å². The molecule has 0 aromatic rings. The fourth-order valence-corrected chi connectivity index (χ4v) is 2.67. The molecule has 0 unspecified atom stereocenters. The summed E-state index contributed by atoms with van der Waals surface area (Å²) in [5.74, 6) is -2.65. The molecule has 0 radical (unpaired) electrons. The average molecular weight is 342 g/mol. The lowest BCUT2D eigenvalue weighted by Gasteiger charge is -2.27. The molecule has 0 aliphatic carbocycles. The third kappa shape index (κ3) is 4.92. The van der Waals surface area contributed by atoms with Crippen LogP contribution in [0, 0.1) is 5.92 Å². The van der Waals surface area contributed by atoms with Gasteiger partial charge in [0.15, 0.2) is 0 Å². The summed E-state index contributed by atoms with van der Waals surface area (Å²) in [7, 11) is 0. The Morgan fingerprint density at radius 2 is 1.83 bits per heavy atom. The van der Waals surface area contributed by atoms with Gasteiger partial charge in [0.2, 0.25) is 17.7 Å². The van der Waals surface area contributed by atoms with Gasteiger partial charge < -0.3 is 26.4 Å².